The lowest BCUT2D eigenvalue weighted by atomic mass is 10.3. The van der Waals surface area contributed by atoms with Crippen LogP contribution in [0.3, 0.4) is 0 Å². The van der Waals surface area contributed by atoms with E-state index in [1.165, 1.54) is 0 Å². The Labute approximate surface area is 86.3 Å². The molecule has 74 valence electrons. The molecule has 0 saturated carbocycles. The summed E-state index contributed by atoms with van der Waals surface area (Å²) in [6.07, 6.45) is 0. The van der Waals surface area contributed by atoms with Crippen molar-refractivity contribution < 1.29 is 9.59 Å². The molecule has 14 heavy (non-hydrogen) atoms. The van der Waals surface area contributed by atoms with Crippen LogP contribution < -0.4 is 10.6 Å². The molecule has 0 aliphatic rings. The Balaban J connectivity index is 2.38. The summed E-state index contributed by atoms with van der Waals surface area (Å²) in [5.41, 5.74) is 0.659. The summed E-state index contributed by atoms with van der Waals surface area (Å²) in [4.78, 5) is 21.4. The van der Waals surface area contributed by atoms with Crippen LogP contribution in [0.25, 0.3) is 0 Å². The Morgan fingerprint density at radius 2 is 1.86 bits per heavy atom. The zero-order valence-electron chi connectivity index (χ0n) is 7.29. The van der Waals surface area contributed by atoms with Crippen LogP contribution in [0.4, 0.5) is 10.5 Å². The summed E-state index contributed by atoms with van der Waals surface area (Å²) in [7, 11) is 0. The van der Waals surface area contributed by atoms with Gasteiger partial charge in [-0.25, -0.2) is 4.79 Å². The highest BCUT2D eigenvalue weighted by Crippen LogP contribution is 2.03. The molecule has 0 heterocycles. The second kappa shape index (κ2) is 5.24. The number of rotatable bonds is 3. The van der Waals surface area contributed by atoms with Gasteiger partial charge in [0, 0.05) is 5.69 Å². The molecule has 0 aliphatic heterocycles. The fourth-order valence-corrected chi connectivity index (χ4v) is 0.913. The average Bonchev–Trinajstić information content (AvgIpc) is 2.16. The second-order valence-corrected chi connectivity index (χ2v) is 2.95. The topological polar surface area (TPSA) is 58.2 Å². The molecule has 4 nitrogen and oxygen atoms in total. The van der Waals surface area contributed by atoms with Crippen LogP contribution >= 0.6 is 11.6 Å². The van der Waals surface area contributed by atoms with Gasteiger partial charge in [-0.1, -0.05) is 18.2 Å². The van der Waals surface area contributed by atoms with E-state index in [0.717, 1.165) is 0 Å². The molecule has 0 aliphatic carbocycles. The highest BCUT2D eigenvalue weighted by atomic mass is 35.5. The van der Waals surface area contributed by atoms with E-state index >= 15 is 0 Å². The van der Waals surface area contributed by atoms with E-state index in [-0.39, 0.29) is 6.54 Å². The van der Waals surface area contributed by atoms with E-state index in [0.29, 0.717) is 5.69 Å². The molecule has 0 unspecified atom stereocenters. The van der Waals surface area contributed by atoms with Gasteiger partial charge in [0.05, 0.1) is 6.54 Å². The summed E-state index contributed by atoms with van der Waals surface area (Å²) >= 11 is 5.04. The number of nitrogens with one attached hydrogen (secondary N) is 2. The van der Waals surface area contributed by atoms with Crippen LogP contribution in [0.1, 0.15) is 0 Å². The SMILES string of the molecule is O=C(Cl)CNC(=O)Nc1ccccc1. The minimum absolute atomic E-state index is 0.180. The van der Waals surface area contributed by atoms with Gasteiger partial charge in [0.2, 0.25) is 5.24 Å². The molecular weight excluding hydrogens is 204 g/mol. The van der Waals surface area contributed by atoms with E-state index in [9.17, 15) is 9.59 Å². The highest BCUT2D eigenvalue weighted by Gasteiger charge is 2.02. The third-order valence-corrected chi connectivity index (χ3v) is 1.55. The van der Waals surface area contributed by atoms with Gasteiger partial charge in [0.1, 0.15) is 0 Å². The predicted octanol–water partition coefficient (Wildman–Crippen LogP) is 1.57. The number of para-hydroxylation sites is 1. The van der Waals surface area contributed by atoms with Crippen molar-refractivity contribution in [2.45, 2.75) is 0 Å². The van der Waals surface area contributed by atoms with Crippen LogP contribution in [0.15, 0.2) is 30.3 Å². The van der Waals surface area contributed by atoms with Crippen molar-refractivity contribution >= 4 is 28.6 Å². The lowest BCUT2D eigenvalue weighted by molar-refractivity contribution is -0.110. The predicted molar refractivity (Wildman–Crippen MR) is 54.3 cm³/mol. The number of urea groups is 1. The van der Waals surface area contributed by atoms with Crippen LogP contribution in [-0.4, -0.2) is 17.8 Å². The van der Waals surface area contributed by atoms with Gasteiger partial charge >= 0.3 is 6.03 Å². The Kier molecular flexibility index (Phi) is 3.94. The average molecular weight is 213 g/mol. The molecule has 1 aromatic rings. The van der Waals surface area contributed by atoms with Gasteiger partial charge < -0.3 is 10.6 Å². The number of carbonyl (C=O) groups excluding carboxylic acids is 2. The Hall–Kier alpha value is -1.55. The number of hydrogen-bond donors (Lipinski definition) is 2. The first kappa shape index (κ1) is 10.5. The summed E-state index contributed by atoms with van der Waals surface area (Å²) < 4.78 is 0. The summed E-state index contributed by atoms with van der Waals surface area (Å²) in [6.45, 7) is -0.180. The molecule has 0 fully saturated rings. The Morgan fingerprint density at radius 1 is 1.21 bits per heavy atom. The largest absolute Gasteiger partial charge is 0.329 e. The van der Waals surface area contributed by atoms with Crippen LogP contribution in [0.5, 0.6) is 0 Å². The summed E-state index contributed by atoms with van der Waals surface area (Å²) in [6, 6.07) is 8.45. The summed E-state index contributed by atoms with van der Waals surface area (Å²) in [5.74, 6) is 0. The number of halogens is 1. The van der Waals surface area contributed by atoms with Crippen molar-refractivity contribution in [1.82, 2.24) is 5.32 Å². The van der Waals surface area contributed by atoms with Crippen molar-refractivity contribution in [3.05, 3.63) is 30.3 Å². The maximum atomic E-state index is 11.1. The first-order chi connectivity index (χ1) is 6.68. The first-order valence-electron chi connectivity index (χ1n) is 3.97. The quantitative estimate of drug-likeness (QED) is 0.748. The van der Waals surface area contributed by atoms with E-state index in [4.69, 9.17) is 11.6 Å². The number of benzene rings is 1. The van der Waals surface area contributed by atoms with Crippen molar-refractivity contribution in [3.63, 3.8) is 0 Å². The first-order valence-corrected chi connectivity index (χ1v) is 4.34. The Bertz CT molecular complexity index is 327. The number of amides is 2. The van der Waals surface area contributed by atoms with Crippen molar-refractivity contribution in [3.8, 4) is 0 Å². The zero-order chi connectivity index (χ0) is 10.4. The molecule has 5 heteroatoms. The maximum Gasteiger partial charge on any atom is 0.319 e. The van der Waals surface area contributed by atoms with E-state index in [1.807, 2.05) is 6.07 Å². The minimum Gasteiger partial charge on any atom is -0.329 e. The van der Waals surface area contributed by atoms with E-state index < -0.39 is 11.3 Å². The van der Waals surface area contributed by atoms with Crippen molar-refractivity contribution in [1.29, 1.82) is 0 Å². The van der Waals surface area contributed by atoms with Crippen LogP contribution in [0, 0.1) is 0 Å². The number of carbonyl (C=O) groups is 2. The second-order valence-electron chi connectivity index (χ2n) is 2.53. The fraction of sp³-hybridized carbons (Fsp3) is 0.111. The molecule has 0 bridgehead atoms. The standard InChI is InChI=1S/C9H9ClN2O2/c10-8(13)6-11-9(14)12-7-4-2-1-3-5-7/h1-5H,6H2,(H2,11,12,14). The van der Waals surface area contributed by atoms with E-state index in [1.54, 1.807) is 24.3 Å². The van der Waals surface area contributed by atoms with Gasteiger partial charge in [-0.2, -0.15) is 0 Å². The van der Waals surface area contributed by atoms with Gasteiger partial charge in [-0.05, 0) is 23.7 Å². The summed E-state index contributed by atoms with van der Waals surface area (Å²) in [5, 5.41) is 4.23. The molecule has 1 aromatic carbocycles. The van der Waals surface area contributed by atoms with E-state index in [2.05, 4.69) is 10.6 Å². The zero-order valence-corrected chi connectivity index (χ0v) is 8.04. The molecule has 2 amide bonds. The normalized spacial score (nSPS) is 9.21. The number of hydrogen-bond acceptors (Lipinski definition) is 2. The van der Waals surface area contributed by atoms with Crippen molar-refractivity contribution in [2.75, 3.05) is 11.9 Å². The molecule has 0 spiro atoms. The smallest absolute Gasteiger partial charge is 0.319 e. The monoisotopic (exact) mass is 212 g/mol. The lowest BCUT2D eigenvalue weighted by Gasteiger charge is -2.04. The van der Waals surface area contributed by atoms with Gasteiger partial charge in [0.15, 0.2) is 0 Å². The molecule has 1 rings (SSSR count). The molecule has 0 aromatic heterocycles. The van der Waals surface area contributed by atoms with Gasteiger partial charge in [0.25, 0.3) is 0 Å². The third kappa shape index (κ3) is 3.91. The molecule has 0 saturated heterocycles. The third-order valence-electron chi connectivity index (χ3n) is 1.42. The van der Waals surface area contributed by atoms with Crippen molar-refractivity contribution in [2.24, 2.45) is 0 Å². The fourth-order valence-electron chi connectivity index (χ4n) is 0.847. The molecule has 0 atom stereocenters. The molecular formula is C9H9ClN2O2. The van der Waals surface area contributed by atoms with Gasteiger partial charge in [-0.15, -0.1) is 0 Å². The van der Waals surface area contributed by atoms with Crippen LogP contribution in [0.2, 0.25) is 0 Å². The lowest BCUT2D eigenvalue weighted by Crippen LogP contribution is -2.31. The van der Waals surface area contributed by atoms with Gasteiger partial charge in [-0.3, -0.25) is 4.79 Å². The Morgan fingerprint density at radius 3 is 2.43 bits per heavy atom. The minimum atomic E-state index is -0.604. The number of anilines is 1. The molecule has 0 radical (unpaired) electrons. The molecule has 2 N–H and O–H groups in total. The van der Waals surface area contributed by atoms with Crippen LogP contribution in [-0.2, 0) is 4.79 Å². The highest BCUT2D eigenvalue weighted by molar-refractivity contribution is 6.64. The maximum absolute atomic E-state index is 11.1.